The number of hydrogen-bond acceptors (Lipinski definition) is 9. The molecule has 2 saturated heterocycles. The zero-order valence-electron chi connectivity index (χ0n) is 25.3. The minimum atomic E-state index is 0.430. The second-order valence-electron chi connectivity index (χ2n) is 12.5. The number of fused-ring (bicyclic) bond motifs is 1. The van der Waals surface area contributed by atoms with Gasteiger partial charge >= 0.3 is 0 Å². The van der Waals surface area contributed by atoms with E-state index < -0.39 is 0 Å². The highest BCUT2D eigenvalue weighted by Gasteiger charge is 2.42. The summed E-state index contributed by atoms with van der Waals surface area (Å²) < 4.78 is 18.8. The third-order valence-corrected chi connectivity index (χ3v) is 9.53. The maximum absolute atomic E-state index is 9.79. The lowest BCUT2D eigenvalue weighted by Gasteiger charge is -2.47. The molecule has 3 fully saturated rings. The molecule has 1 unspecified atom stereocenters. The van der Waals surface area contributed by atoms with Gasteiger partial charge in [0.1, 0.15) is 17.6 Å². The Hall–Kier alpha value is -4.20. The fourth-order valence-corrected chi connectivity index (χ4v) is 7.05. The molecule has 4 aromatic rings. The molecule has 0 radical (unpaired) electrons. The van der Waals surface area contributed by atoms with Gasteiger partial charge in [-0.1, -0.05) is 18.9 Å². The molecule has 10 nitrogen and oxygen atoms in total. The third kappa shape index (κ3) is 5.94. The van der Waals surface area contributed by atoms with Crippen LogP contribution in [0.1, 0.15) is 43.2 Å². The third-order valence-electron chi connectivity index (χ3n) is 9.53. The lowest BCUT2D eigenvalue weighted by Crippen LogP contribution is -2.46. The largest absolute Gasteiger partial charge is 0.492 e. The highest BCUT2D eigenvalue weighted by molar-refractivity contribution is 5.85. The molecule has 0 N–H and O–H groups in total. The molecule has 0 amide bonds. The van der Waals surface area contributed by atoms with Crippen LogP contribution in [0.4, 0.5) is 5.82 Å². The van der Waals surface area contributed by atoms with Crippen LogP contribution in [0.25, 0.3) is 16.6 Å². The second kappa shape index (κ2) is 12.4. The zero-order valence-corrected chi connectivity index (χ0v) is 25.3. The summed E-state index contributed by atoms with van der Waals surface area (Å²) in [5.74, 6) is 3.03. The van der Waals surface area contributed by atoms with E-state index >= 15 is 0 Å². The molecule has 6 heterocycles. The van der Waals surface area contributed by atoms with Gasteiger partial charge in [-0.05, 0) is 48.9 Å². The average molecular weight is 594 g/mol. The van der Waals surface area contributed by atoms with Crippen molar-refractivity contribution in [3.63, 3.8) is 0 Å². The van der Waals surface area contributed by atoms with Gasteiger partial charge in [-0.15, -0.1) is 0 Å². The molecule has 0 aromatic carbocycles. The molecule has 3 aliphatic rings. The Kier molecular flexibility index (Phi) is 8.07. The standard InChI is InChI=1S/C34H39N7O3/c1-42-32-7-4-26(18-37-32)21-39-10-12-40(13-11-39)31-6-5-27(19-36-31)30-15-29(22-41-33(30)28(17-35)20-38-41)44-14-8-25-3-2-9-34(16-25)23-43-24-34/h4-7,15,18-20,22,25H,2-3,8-14,16,21,23-24H2,1H3. The highest BCUT2D eigenvalue weighted by atomic mass is 16.5. The summed E-state index contributed by atoms with van der Waals surface area (Å²) in [6, 6.07) is 12.5. The number of piperazine rings is 1. The van der Waals surface area contributed by atoms with Crippen molar-refractivity contribution in [3.05, 3.63) is 66.2 Å². The van der Waals surface area contributed by atoms with Crippen molar-refractivity contribution in [2.75, 3.05) is 58.0 Å². The molecule has 1 atom stereocenters. The number of anilines is 1. The van der Waals surface area contributed by atoms with Gasteiger partial charge in [-0.2, -0.15) is 10.4 Å². The molecule has 1 spiro atoms. The molecule has 1 aliphatic carbocycles. The van der Waals surface area contributed by atoms with Crippen LogP contribution in [0.5, 0.6) is 11.6 Å². The van der Waals surface area contributed by atoms with E-state index in [9.17, 15) is 5.26 Å². The van der Waals surface area contributed by atoms with E-state index in [-0.39, 0.29) is 0 Å². The monoisotopic (exact) mass is 593 g/mol. The fourth-order valence-electron chi connectivity index (χ4n) is 7.05. The molecular formula is C34H39N7O3. The van der Waals surface area contributed by atoms with Crippen LogP contribution in [0.3, 0.4) is 0 Å². The van der Waals surface area contributed by atoms with Crippen molar-refractivity contribution in [3.8, 4) is 28.8 Å². The molecule has 44 heavy (non-hydrogen) atoms. The first kappa shape index (κ1) is 28.6. The Labute approximate surface area is 258 Å². The van der Waals surface area contributed by atoms with Gasteiger partial charge in [0.25, 0.3) is 0 Å². The summed E-state index contributed by atoms with van der Waals surface area (Å²) in [6.45, 7) is 7.09. The topological polar surface area (TPSA) is 101 Å². The van der Waals surface area contributed by atoms with Crippen molar-refractivity contribution >= 4 is 11.3 Å². The number of ether oxygens (including phenoxy) is 3. The SMILES string of the molecule is COc1ccc(CN2CCN(c3ccc(-c4cc(OCCC5CCCC6(COC6)C5)cn5ncc(C#N)c45)cn3)CC2)cn1. The minimum Gasteiger partial charge on any atom is -0.492 e. The van der Waals surface area contributed by atoms with Crippen LogP contribution < -0.4 is 14.4 Å². The summed E-state index contributed by atoms with van der Waals surface area (Å²) in [6.07, 6.45) is 13.4. The highest BCUT2D eigenvalue weighted by Crippen LogP contribution is 2.45. The predicted octanol–water partition coefficient (Wildman–Crippen LogP) is 4.97. The van der Waals surface area contributed by atoms with Gasteiger partial charge in [0, 0.05) is 67.7 Å². The quantitative estimate of drug-likeness (QED) is 0.266. The number of hydrogen-bond donors (Lipinski definition) is 0. The summed E-state index contributed by atoms with van der Waals surface area (Å²) in [4.78, 5) is 13.9. The van der Waals surface area contributed by atoms with E-state index in [1.54, 1.807) is 17.8 Å². The zero-order chi connectivity index (χ0) is 29.9. The van der Waals surface area contributed by atoms with E-state index in [2.05, 4.69) is 44.2 Å². The van der Waals surface area contributed by atoms with Gasteiger partial charge < -0.3 is 19.1 Å². The van der Waals surface area contributed by atoms with Crippen molar-refractivity contribution in [2.45, 2.75) is 38.6 Å². The van der Waals surface area contributed by atoms with Gasteiger partial charge in [0.05, 0.1) is 50.4 Å². The second-order valence-corrected chi connectivity index (χ2v) is 12.5. The first-order valence-electron chi connectivity index (χ1n) is 15.7. The summed E-state index contributed by atoms with van der Waals surface area (Å²) in [7, 11) is 1.63. The predicted molar refractivity (Wildman–Crippen MR) is 167 cm³/mol. The minimum absolute atomic E-state index is 0.430. The number of pyridine rings is 3. The molecule has 4 aromatic heterocycles. The molecule has 2 aliphatic heterocycles. The Balaban J connectivity index is 1.01. The molecule has 1 saturated carbocycles. The van der Waals surface area contributed by atoms with E-state index in [4.69, 9.17) is 19.2 Å². The Bertz CT molecular complexity index is 1620. The number of aromatic nitrogens is 4. The maximum Gasteiger partial charge on any atom is 0.212 e. The van der Waals surface area contributed by atoms with E-state index in [1.165, 1.54) is 31.2 Å². The van der Waals surface area contributed by atoms with E-state index in [0.717, 1.165) is 80.6 Å². The van der Waals surface area contributed by atoms with Gasteiger partial charge in [0.2, 0.25) is 5.88 Å². The van der Waals surface area contributed by atoms with E-state index in [1.807, 2.05) is 30.7 Å². The number of nitriles is 1. The molecule has 0 bridgehead atoms. The number of rotatable bonds is 9. The summed E-state index contributed by atoms with van der Waals surface area (Å²) in [5.41, 5.74) is 4.76. The van der Waals surface area contributed by atoms with Crippen molar-refractivity contribution in [2.24, 2.45) is 11.3 Å². The number of nitrogens with zero attached hydrogens (tertiary/aromatic N) is 7. The van der Waals surface area contributed by atoms with Crippen molar-refractivity contribution in [1.29, 1.82) is 5.26 Å². The van der Waals surface area contributed by atoms with Crippen molar-refractivity contribution < 1.29 is 14.2 Å². The summed E-state index contributed by atoms with van der Waals surface area (Å²) in [5, 5.41) is 14.3. The first-order valence-corrected chi connectivity index (χ1v) is 15.7. The Morgan fingerprint density at radius 3 is 2.66 bits per heavy atom. The number of methoxy groups -OCH3 is 1. The Morgan fingerprint density at radius 1 is 1.07 bits per heavy atom. The van der Waals surface area contributed by atoms with Crippen LogP contribution in [0, 0.1) is 22.7 Å². The molecule has 10 heteroatoms. The van der Waals surface area contributed by atoms with Crippen LogP contribution in [-0.4, -0.2) is 77.6 Å². The molecule has 228 valence electrons. The Morgan fingerprint density at radius 2 is 1.95 bits per heavy atom. The first-order chi connectivity index (χ1) is 21.6. The normalized spacial score (nSPS) is 19.9. The lowest BCUT2D eigenvalue weighted by atomic mass is 9.68. The van der Waals surface area contributed by atoms with Crippen LogP contribution >= 0.6 is 0 Å². The summed E-state index contributed by atoms with van der Waals surface area (Å²) >= 11 is 0. The lowest BCUT2D eigenvalue weighted by molar-refractivity contribution is -0.141. The van der Waals surface area contributed by atoms with Crippen molar-refractivity contribution in [1.82, 2.24) is 24.5 Å². The molecular weight excluding hydrogens is 554 g/mol. The van der Waals surface area contributed by atoms with Crippen LogP contribution in [-0.2, 0) is 11.3 Å². The van der Waals surface area contributed by atoms with Gasteiger partial charge in [-0.25, -0.2) is 14.5 Å². The van der Waals surface area contributed by atoms with Crippen LogP contribution in [0.15, 0.2) is 55.1 Å². The maximum atomic E-state index is 9.79. The molecule has 7 rings (SSSR count). The fraction of sp³-hybridized carbons (Fsp3) is 0.471. The van der Waals surface area contributed by atoms with Gasteiger partial charge in [-0.3, -0.25) is 4.90 Å². The smallest absolute Gasteiger partial charge is 0.212 e. The van der Waals surface area contributed by atoms with E-state index in [0.29, 0.717) is 29.4 Å². The van der Waals surface area contributed by atoms with Crippen LogP contribution in [0.2, 0.25) is 0 Å². The van der Waals surface area contributed by atoms with Gasteiger partial charge in [0.15, 0.2) is 0 Å². The average Bonchev–Trinajstić information content (AvgIpc) is 3.48.